The summed E-state index contributed by atoms with van der Waals surface area (Å²) in [4.78, 5) is 0. The topological polar surface area (TPSA) is 40.5 Å². The molecule has 0 aliphatic heterocycles. The van der Waals surface area contributed by atoms with Gasteiger partial charge in [-0.1, -0.05) is 30.3 Å². The van der Waals surface area contributed by atoms with Crippen molar-refractivity contribution >= 4 is 40.3 Å². The molecule has 0 saturated carbocycles. The van der Waals surface area contributed by atoms with Crippen molar-refractivity contribution in [2.45, 2.75) is 0 Å². The Balaban J connectivity index is 0.000000845. The molecule has 3 heteroatoms. The van der Waals surface area contributed by atoms with Gasteiger partial charge in [-0.2, -0.15) is 0 Å². The summed E-state index contributed by atoms with van der Waals surface area (Å²) in [7, 11) is 0. The first kappa shape index (κ1) is 10.4. The first-order valence-corrected chi connectivity index (χ1v) is 3.69. The summed E-state index contributed by atoms with van der Waals surface area (Å²) < 4.78 is 0. The van der Waals surface area contributed by atoms with Crippen LogP contribution in [0.5, 0.6) is 11.5 Å². The fourth-order valence-electron chi connectivity index (χ4n) is 1.24. The van der Waals surface area contributed by atoms with Crippen LogP contribution in [0.4, 0.5) is 0 Å². The maximum atomic E-state index is 9.41. The number of rotatable bonds is 0. The zero-order chi connectivity index (χ0) is 8.55. The number of fused-ring (bicyclic) bond motifs is 1. The molecule has 0 unspecified atom stereocenters. The number of hydrogen-bond donors (Lipinski definition) is 2. The van der Waals surface area contributed by atoms with Crippen molar-refractivity contribution < 1.29 is 10.2 Å². The van der Waals surface area contributed by atoms with Crippen molar-refractivity contribution in [1.29, 1.82) is 0 Å². The molecule has 0 aromatic heterocycles. The van der Waals surface area contributed by atoms with Gasteiger partial charge in [-0.15, -0.1) is 0 Å². The van der Waals surface area contributed by atoms with Crippen molar-refractivity contribution in [2.24, 2.45) is 0 Å². The Hall–Kier alpha value is -0.700. The van der Waals surface area contributed by atoms with Gasteiger partial charge in [-0.05, 0) is 11.5 Å². The van der Waals surface area contributed by atoms with Gasteiger partial charge in [-0.25, -0.2) is 0 Å². The summed E-state index contributed by atoms with van der Waals surface area (Å²) in [5.41, 5.74) is 0. The van der Waals surface area contributed by atoms with Gasteiger partial charge in [0.15, 0.2) is 11.5 Å². The molecule has 2 N–H and O–H groups in total. The van der Waals surface area contributed by atoms with E-state index in [4.69, 9.17) is 5.11 Å². The molecule has 0 spiro atoms. The minimum Gasteiger partial charge on any atom is -0.504 e. The summed E-state index contributed by atoms with van der Waals surface area (Å²) in [5, 5.41) is 20.2. The first-order chi connectivity index (χ1) is 5.79. The Labute approximate surface area is 98.1 Å². The second kappa shape index (κ2) is 4.01. The van der Waals surface area contributed by atoms with E-state index in [1.807, 2.05) is 18.2 Å². The van der Waals surface area contributed by atoms with Crippen LogP contribution in [0.3, 0.4) is 0 Å². The Bertz CT molecular complexity index is 426. The summed E-state index contributed by atoms with van der Waals surface area (Å²) in [5.74, 6) is -0.123. The number of aromatic hydroxyl groups is 2. The van der Waals surface area contributed by atoms with Crippen LogP contribution >= 0.6 is 0 Å². The van der Waals surface area contributed by atoms with Gasteiger partial charge in [-0.3, -0.25) is 0 Å². The predicted octanol–water partition coefficient (Wildman–Crippen LogP) is 1.87. The number of hydrogen-bond acceptors (Lipinski definition) is 2. The van der Waals surface area contributed by atoms with Gasteiger partial charge >= 0.3 is 0 Å². The molecule has 0 amide bonds. The van der Waals surface area contributed by atoms with E-state index >= 15 is 0 Å². The van der Waals surface area contributed by atoms with Crippen LogP contribution in [-0.4, -0.2) is 39.8 Å². The van der Waals surface area contributed by atoms with Crippen LogP contribution in [0.15, 0.2) is 36.4 Å². The third-order valence-corrected chi connectivity index (χ3v) is 1.88. The molecular formula is C10H8NaO2. The van der Waals surface area contributed by atoms with E-state index in [2.05, 4.69) is 0 Å². The molecule has 61 valence electrons. The van der Waals surface area contributed by atoms with Gasteiger partial charge in [0, 0.05) is 34.9 Å². The Kier molecular flexibility index (Phi) is 3.20. The molecule has 2 nitrogen and oxygen atoms in total. The fourth-order valence-corrected chi connectivity index (χ4v) is 1.24. The molecule has 2 aromatic rings. The van der Waals surface area contributed by atoms with E-state index in [9.17, 15) is 5.11 Å². The zero-order valence-electron chi connectivity index (χ0n) is 7.36. The molecular weight excluding hydrogens is 175 g/mol. The van der Waals surface area contributed by atoms with Crippen LogP contribution in [0.25, 0.3) is 10.8 Å². The molecule has 0 heterocycles. The normalized spacial score (nSPS) is 9.54. The second-order valence-corrected chi connectivity index (χ2v) is 2.65. The van der Waals surface area contributed by atoms with Crippen molar-refractivity contribution in [3.05, 3.63) is 36.4 Å². The second-order valence-electron chi connectivity index (χ2n) is 2.65. The molecule has 2 rings (SSSR count). The first-order valence-electron chi connectivity index (χ1n) is 3.69. The molecule has 0 atom stereocenters. The minimum atomic E-state index is -0.0753. The van der Waals surface area contributed by atoms with Crippen molar-refractivity contribution in [3.8, 4) is 11.5 Å². The van der Waals surface area contributed by atoms with E-state index < -0.39 is 0 Å². The van der Waals surface area contributed by atoms with E-state index in [-0.39, 0.29) is 41.1 Å². The van der Waals surface area contributed by atoms with Crippen LogP contribution in [-0.2, 0) is 0 Å². The largest absolute Gasteiger partial charge is 0.504 e. The van der Waals surface area contributed by atoms with E-state index in [0.717, 1.165) is 5.39 Å². The molecule has 0 saturated heterocycles. The van der Waals surface area contributed by atoms with Gasteiger partial charge in [0.1, 0.15) is 0 Å². The van der Waals surface area contributed by atoms with Crippen LogP contribution in [0, 0.1) is 0 Å². The maximum absolute atomic E-state index is 9.41. The third-order valence-electron chi connectivity index (χ3n) is 1.88. The molecule has 0 bridgehead atoms. The number of phenols is 2. The van der Waals surface area contributed by atoms with Gasteiger partial charge in [0.2, 0.25) is 0 Å². The molecule has 0 aliphatic carbocycles. The van der Waals surface area contributed by atoms with Crippen LogP contribution < -0.4 is 0 Å². The third kappa shape index (κ3) is 1.80. The van der Waals surface area contributed by atoms with Crippen molar-refractivity contribution in [3.63, 3.8) is 0 Å². The summed E-state index contributed by atoms with van der Waals surface area (Å²) in [6.45, 7) is 0. The standard InChI is InChI=1S/C10H8O2.Na/c11-9-6-5-7-3-1-2-4-8(7)10(9)12;/h1-6,11-12H;. The van der Waals surface area contributed by atoms with Gasteiger partial charge in [0.25, 0.3) is 0 Å². The van der Waals surface area contributed by atoms with E-state index in [0.29, 0.717) is 5.39 Å². The molecule has 0 aliphatic rings. The molecule has 1 radical (unpaired) electrons. The smallest absolute Gasteiger partial charge is 0.165 e. The average Bonchev–Trinajstić information content (AvgIpc) is 2.12. The summed E-state index contributed by atoms with van der Waals surface area (Å²) >= 11 is 0. The monoisotopic (exact) mass is 183 g/mol. The van der Waals surface area contributed by atoms with Crippen molar-refractivity contribution in [1.82, 2.24) is 0 Å². The van der Waals surface area contributed by atoms with Gasteiger partial charge in [0.05, 0.1) is 0 Å². The van der Waals surface area contributed by atoms with E-state index in [1.54, 1.807) is 12.1 Å². The molecule has 0 fully saturated rings. The fraction of sp³-hybridized carbons (Fsp3) is 0. The van der Waals surface area contributed by atoms with Crippen molar-refractivity contribution in [2.75, 3.05) is 0 Å². The zero-order valence-corrected chi connectivity index (χ0v) is 9.36. The average molecular weight is 183 g/mol. The summed E-state index contributed by atoms with van der Waals surface area (Å²) in [6.07, 6.45) is 0. The maximum Gasteiger partial charge on any atom is 0.165 e. The quantitative estimate of drug-likeness (QED) is 0.483. The minimum absolute atomic E-state index is 0. The molecule has 13 heavy (non-hydrogen) atoms. The van der Waals surface area contributed by atoms with E-state index in [1.165, 1.54) is 6.07 Å². The SMILES string of the molecule is Oc1ccc2ccccc2c1O.[Na]. The Morgan fingerprint density at radius 1 is 0.846 bits per heavy atom. The Morgan fingerprint density at radius 2 is 1.54 bits per heavy atom. The Morgan fingerprint density at radius 3 is 2.31 bits per heavy atom. The van der Waals surface area contributed by atoms with Gasteiger partial charge < -0.3 is 10.2 Å². The summed E-state index contributed by atoms with van der Waals surface area (Å²) in [6, 6.07) is 10.6. The molecule has 2 aromatic carbocycles. The predicted molar refractivity (Wildman–Crippen MR) is 53.0 cm³/mol. The number of benzene rings is 2. The van der Waals surface area contributed by atoms with Crippen LogP contribution in [0.2, 0.25) is 0 Å². The van der Waals surface area contributed by atoms with Crippen LogP contribution in [0.1, 0.15) is 0 Å². The number of phenolic OH excluding ortho intramolecular Hbond substituents is 2.